The van der Waals surface area contributed by atoms with E-state index >= 15 is 0 Å². The van der Waals surface area contributed by atoms with E-state index in [9.17, 15) is 9.65 Å². The molecule has 0 spiro atoms. The average molecular weight is 328 g/mol. The molecular formula is C17H21FN6. The Morgan fingerprint density at radius 1 is 1.33 bits per heavy atom. The van der Waals surface area contributed by atoms with Crippen molar-refractivity contribution in [1.82, 2.24) is 19.8 Å². The second-order valence-electron chi connectivity index (χ2n) is 6.65. The van der Waals surface area contributed by atoms with Crippen LogP contribution in [0.4, 0.5) is 10.1 Å². The summed E-state index contributed by atoms with van der Waals surface area (Å²) >= 11 is 0. The Hall–Kier alpha value is -2.17. The molecule has 2 unspecified atom stereocenters. The number of nitrogens with one attached hydrogen (secondary N) is 1. The number of piperazine rings is 1. The van der Waals surface area contributed by atoms with Gasteiger partial charge in [-0.15, -0.1) is 0 Å². The molecule has 1 N–H and O–H groups in total. The smallest absolute Gasteiger partial charge is 0.171 e. The van der Waals surface area contributed by atoms with Crippen LogP contribution in [0.3, 0.4) is 0 Å². The van der Waals surface area contributed by atoms with E-state index < -0.39 is 0 Å². The first-order valence-corrected chi connectivity index (χ1v) is 8.47. The Morgan fingerprint density at radius 3 is 3.04 bits per heavy atom. The maximum atomic E-state index is 14.3. The summed E-state index contributed by atoms with van der Waals surface area (Å²) < 4.78 is 15.7. The minimum Gasteiger partial charge on any atom is -0.367 e. The highest BCUT2D eigenvalue weighted by Crippen LogP contribution is 2.30. The summed E-state index contributed by atoms with van der Waals surface area (Å²) in [4.78, 5) is 4.81. The highest BCUT2D eigenvalue weighted by atomic mass is 19.1. The number of halogens is 1. The number of pyridine rings is 1. The summed E-state index contributed by atoms with van der Waals surface area (Å²) in [5.41, 5.74) is 1.58. The highest BCUT2D eigenvalue weighted by molar-refractivity contribution is 5.74. The number of hydrogen-bond acceptors (Lipinski definition) is 5. The fraction of sp³-hybridized carbons (Fsp3) is 0.529. The van der Waals surface area contributed by atoms with Gasteiger partial charge in [0, 0.05) is 38.3 Å². The molecule has 0 bridgehead atoms. The third-order valence-corrected chi connectivity index (χ3v) is 5.20. The molecule has 2 saturated heterocycles. The molecule has 24 heavy (non-hydrogen) atoms. The van der Waals surface area contributed by atoms with Gasteiger partial charge in [-0.3, -0.25) is 4.90 Å². The Balaban J connectivity index is 1.73. The van der Waals surface area contributed by atoms with Gasteiger partial charge in [0.25, 0.3) is 0 Å². The second-order valence-corrected chi connectivity index (χ2v) is 6.65. The predicted octanol–water partition coefficient (Wildman–Crippen LogP) is 1.22. The molecule has 0 radical (unpaired) electrons. The lowest BCUT2D eigenvalue weighted by atomic mass is 10.0. The molecule has 2 aromatic heterocycles. The Bertz CT molecular complexity index is 794. The van der Waals surface area contributed by atoms with Gasteiger partial charge in [-0.2, -0.15) is 10.4 Å². The van der Waals surface area contributed by atoms with Crippen LogP contribution in [0, 0.1) is 17.1 Å². The largest absolute Gasteiger partial charge is 0.367 e. The molecule has 2 aromatic rings. The van der Waals surface area contributed by atoms with E-state index in [-0.39, 0.29) is 5.82 Å². The summed E-state index contributed by atoms with van der Waals surface area (Å²) in [5.74, 6) is -0.375. The van der Waals surface area contributed by atoms with Crippen LogP contribution >= 0.6 is 0 Å². The number of anilines is 1. The van der Waals surface area contributed by atoms with Crippen molar-refractivity contribution in [3.05, 3.63) is 29.8 Å². The number of nitriles is 1. The van der Waals surface area contributed by atoms with Crippen LogP contribution in [0.25, 0.3) is 5.52 Å². The van der Waals surface area contributed by atoms with Crippen LogP contribution in [0.5, 0.6) is 0 Å². The minimum absolute atomic E-state index is 0.350. The summed E-state index contributed by atoms with van der Waals surface area (Å²) in [5, 5.41) is 16.7. The maximum absolute atomic E-state index is 14.3. The zero-order valence-corrected chi connectivity index (χ0v) is 13.7. The lowest BCUT2D eigenvalue weighted by Gasteiger charge is -2.46. The normalized spacial score (nSPS) is 25.3. The molecule has 6 nitrogen and oxygen atoms in total. The van der Waals surface area contributed by atoms with Gasteiger partial charge in [0.05, 0.1) is 11.9 Å². The van der Waals surface area contributed by atoms with Crippen molar-refractivity contribution in [1.29, 1.82) is 5.26 Å². The van der Waals surface area contributed by atoms with E-state index in [1.165, 1.54) is 10.7 Å². The minimum atomic E-state index is -0.375. The number of fused-ring (bicyclic) bond motifs is 2. The molecule has 2 aliphatic rings. The molecule has 126 valence electrons. The van der Waals surface area contributed by atoms with Crippen molar-refractivity contribution in [2.75, 3.05) is 37.6 Å². The molecule has 0 aromatic carbocycles. The summed E-state index contributed by atoms with van der Waals surface area (Å²) in [6.07, 6.45) is 2.28. The van der Waals surface area contributed by atoms with Gasteiger partial charge in [-0.05, 0) is 32.0 Å². The van der Waals surface area contributed by atoms with Crippen LogP contribution in [0.15, 0.2) is 18.3 Å². The molecule has 0 amide bonds. The van der Waals surface area contributed by atoms with Gasteiger partial charge < -0.3 is 10.2 Å². The predicted molar refractivity (Wildman–Crippen MR) is 89.5 cm³/mol. The first kappa shape index (κ1) is 15.4. The maximum Gasteiger partial charge on any atom is 0.171 e. The number of nitrogens with zero attached hydrogens (tertiary/aromatic N) is 5. The van der Waals surface area contributed by atoms with Crippen molar-refractivity contribution in [2.45, 2.75) is 25.4 Å². The topological polar surface area (TPSA) is 59.6 Å². The van der Waals surface area contributed by atoms with Gasteiger partial charge in [-0.1, -0.05) is 0 Å². The van der Waals surface area contributed by atoms with E-state index in [2.05, 4.69) is 33.2 Å². The first-order chi connectivity index (χ1) is 11.7. The van der Waals surface area contributed by atoms with Crippen molar-refractivity contribution in [3.63, 3.8) is 0 Å². The quantitative estimate of drug-likeness (QED) is 0.853. The third kappa shape index (κ3) is 2.43. The third-order valence-electron chi connectivity index (χ3n) is 5.20. The van der Waals surface area contributed by atoms with Crippen molar-refractivity contribution < 1.29 is 4.39 Å². The number of hydrogen-bond donors (Lipinski definition) is 1. The van der Waals surface area contributed by atoms with Gasteiger partial charge in [0.2, 0.25) is 0 Å². The molecule has 7 heteroatoms. The monoisotopic (exact) mass is 328 g/mol. The molecule has 0 saturated carbocycles. The van der Waals surface area contributed by atoms with E-state index in [4.69, 9.17) is 0 Å². The van der Waals surface area contributed by atoms with E-state index in [0.717, 1.165) is 44.8 Å². The fourth-order valence-electron chi connectivity index (χ4n) is 4.07. The molecular weight excluding hydrogens is 307 g/mol. The fourth-order valence-corrected chi connectivity index (χ4v) is 4.07. The Morgan fingerprint density at radius 2 is 2.21 bits per heavy atom. The van der Waals surface area contributed by atoms with Gasteiger partial charge in [-0.25, -0.2) is 8.91 Å². The Labute approximate surface area is 140 Å². The first-order valence-electron chi connectivity index (χ1n) is 8.47. The van der Waals surface area contributed by atoms with Crippen molar-refractivity contribution in [3.8, 4) is 6.07 Å². The average Bonchev–Trinajstić information content (AvgIpc) is 2.82. The van der Waals surface area contributed by atoms with Crippen LogP contribution in [0.2, 0.25) is 0 Å². The van der Waals surface area contributed by atoms with Crippen LogP contribution in [-0.2, 0) is 0 Å². The summed E-state index contributed by atoms with van der Waals surface area (Å²) in [7, 11) is 0. The lowest BCUT2D eigenvalue weighted by Crippen LogP contribution is -2.58. The van der Waals surface area contributed by atoms with Crippen molar-refractivity contribution >= 4 is 11.2 Å². The zero-order chi connectivity index (χ0) is 16.7. The zero-order valence-electron chi connectivity index (χ0n) is 13.7. The van der Waals surface area contributed by atoms with E-state index in [0.29, 0.717) is 23.3 Å². The van der Waals surface area contributed by atoms with Crippen LogP contribution < -0.4 is 10.2 Å². The Kier molecular flexibility index (Phi) is 3.87. The number of aromatic nitrogens is 2. The summed E-state index contributed by atoms with van der Waals surface area (Å²) in [6.45, 7) is 7.06. The standard InChI is InChI=1S/C17H21FN6/c1-12-10-22(11-14-4-5-20-6-7-23(12)14)16-3-2-13(8-19)24-17(16)15(18)9-21-24/h2-3,9,12,14,20H,4-7,10-11H2,1H3. The molecule has 0 aliphatic carbocycles. The van der Waals surface area contributed by atoms with E-state index in [1.54, 1.807) is 6.07 Å². The molecule has 2 fully saturated rings. The lowest BCUT2D eigenvalue weighted by molar-refractivity contribution is 0.129. The summed E-state index contributed by atoms with van der Waals surface area (Å²) in [6, 6.07) is 6.53. The molecule has 4 heterocycles. The van der Waals surface area contributed by atoms with Crippen molar-refractivity contribution in [2.24, 2.45) is 0 Å². The van der Waals surface area contributed by atoms with Crippen LogP contribution in [0.1, 0.15) is 19.0 Å². The highest BCUT2D eigenvalue weighted by Gasteiger charge is 2.33. The van der Waals surface area contributed by atoms with Crippen LogP contribution in [-0.4, -0.2) is 59.3 Å². The van der Waals surface area contributed by atoms with Gasteiger partial charge >= 0.3 is 0 Å². The van der Waals surface area contributed by atoms with Gasteiger partial charge in [0.15, 0.2) is 5.82 Å². The van der Waals surface area contributed by atoms with E-state index in [1.807, 2.05) is 6.07 Å². The molecule has 2 atom stereocenters. The van der Waals surface area contributed by atoms with Gasteiger partial charge in [0.1, 0.15) is 17.3 Å². The molecule has 4 rings (SSSR count). The molecule has 2 aliphatic heterocycles. The number of rotatable bonds is 1. The SMILES string of the molecule is CC1CN(c2ccc(C#N)n3ncc(F)c23)CC2CCNCCN12. The second kappa shape index (κ2) is 6.04.